The summed E-state index contributed by atoms with van der Waals surface area (Å²) in [6.07, 6.45) is 3.67. The third-order valence-electron chi connectivity index (χ3n) is 7.51. The van der Waals surface area contributed by atoms with Gasteiger partial charge in [-0.25, -0.2) is 9.38 Å². The van der Waals surface area contributed by atoms with E-state index in [1.54, 1.807) is 42.7 Å². The molecule has 2 aliphatic rings. The number of methoxy groups -OCH3 is 1. The van der Waals surface area contributed by atoms with Crippen LogP contribution in [0, 0.1) is 5.82 Å². The van der Waals surface area contributed by atoms with Crippen molar-refractivity contribution in [3.8, 4) is 11.5 Å². The van der Waals surface area contributed by atoms with Gasteiger partial charge in [0, 0.05) is 16.0 Å². The molecule has 8 heteroatoms. The first-order chi connectivity index (χ1) is 20.1. The maximum Gasteiger partial charge on any atom is 0.271 e. The lowest BCUT2D eigenvalue weighted by Gasteiger charge is -2.30. The number of nitrogens with zero attached hydrogens (tertiary/aromatic N) is 2. The fraction of sp³-hybridized carbons (Fsp3) is 0.152. The van der Waals surface area contributed by atoms with Crippen molar-refractivity contribution in [2.45, 2.75) is 25.5 Å². The highest BCUT2D eigenvalue weighted by atomic mass is 32.1. The van der Waals surface area contributed by atoms with Gasteiger partial charge in [0.15, 0.2) is 16.3 Å². The van der Waals surface area contributed by atoms with E-state index in [1.807, 2.05) is 28.8 Å². The standard InChI is InChI=1S/C33H25FN2O3S2/c1-38-27-17-20(12-15-26(27)39-19-22-8-3-5-10-25(22)34)18-29-32(37)36-31(28-11-6-16-40-28)24-14-13-21-7-2-4-9-23(21)30(24)35-33(36)41-29/h2-12,15-18,31H,13-14,19H2,1H3/b29-18+. The van der Waals surface area contributed by atoms with Gasteiger partial charge in [-0.3, -0.25) is 9.36 Å². The van der Waals surface area contributed by atoms with Crippen molar-refractivity contribution in [1.82, 2.24) is 4.57 Å². The summed E-state index contributed by atoms with van der Waals surface area (Å²) in [5, 5.41) is 2.06. The predicted octanol–water partition coefficient (Wildman–Crippen LogP) is 6.11. The van der Waals surface area contributed by atoms with E-state index in [9.17, 15) is 9.18 Å². The van der Waals surface area contributed by atoms with Crippen molar-refractivity contribution in [3.05, 3.63) is 142 Å². The van der Waals surface area contributed by atoms with Gasteiger partial charge in [-0.2, -0.15) is 0 Å². The minimum Gasteiger partial charge on any atom is -0.493 e. The number of aromatic nitrogens is 1. The van der Waals surface area contributed by atoms with Crippen molar-refractivity contribution in [2.24, 2.45) is 4.99 Å². The number of fused-ring (bicyclic) bond motifs is 3. The van der Waals surface area contributed by atoms with Crippen molar-refractivity contribution in [1.29, 1.82) is 0 Å². The molecule has 0 radical (unpaired) electrons. The molecule has 41 heavy (non-hydrogen) atoms. The Bertz CT molecular complexity index is 1990. The topological polar surface area (TPSA) is 52.8 Å². The second-order valence-corrected chi connectivity index (χ2v) is 11.9. The molecule has 1 aliphatic heterocycles. The number of aryl methyl sites for hydroxylation is 1. The zero-order valence-electron chi connectivity index (χ0n) is 22.2. The average Bonchev–Trinajstić information content (AvgIpc) is 3.64. The van der Waals surface area contributed by atoms with Crippen LogP contribution in [0.25, 0.3) is 11.8 Å². The summed E-state index contributed by atoms with van der Waals surface area (Å²) in [5.41, 5.74) is 5.85. The Morgan fingerprint density at radius 3 is 2.71 bits per heavy atom. The van der Waals surface area contributed by atoms with E-state index in [0.717, 1.165) is 34.5 Å². The summed E-state index contributed by atoms with van der Waals surface area (Å²) in [4.78, 5) is 20.8. The molecule has 204 valence electrons. The van der Waals surface area contributed by atoms with E-state index < -0.39 is 0 Å². The van der Waals surface area contributed by atoms with E-state index in [-0.39, 0.29) is 24.0 Å². The summed E-state index contributed by atoms with van der Waals surface area (Å²) < 4.78 is 27.9. The molecule has 3 aromatic carbocycles. The second kappa shape index (κ2) is 10.6. The number of halogens is 1. The molecule has 0 bridgehead atoms. The Morgan fingerprint density at radius 2 is 1.88 bits per heavy atom. The second-order valence-electron chi connectivity index (χ2n) is 9.92. The summed E-state index contributed by atoms with van der Waals surface area (Å²) >= 11 is 3.07. The van der Waals surface area contributed by atoms with Gasteiger partial charge in [0.2, 0.25) is 0 Å². The van der Waals surface area contributed by atoms with Gasteiger partial charge in [-0.15, -0.1) is 11.3 Å². The zero-order chi connectivity index (χ0) is 27.9. The minimum absolute atomic E-state index is 0.0589. The molecule has 3 heterocycles. The quantitative estimate of drug-likeness (QED) is 0.244. The maximum absolute atomic E-state index is 14.0. The third kappa shape index (κ3) is 4.63. The normalized spacial score (nSPS) is 16.0. The largest absolute Gasteiger partial charge is 0.493 e. The van der Waals surface area contributed by atoms with Crippen LogP contribution in [0.2, 0.25) is 0 Å². The smallest absolute Gasteiger partial charge is 0.271 e. The molecule has 0 fully saturated rings. The van der Waals surface area contributed by atoms with Crippen molar-refractivity contribution < 1.29 is 13.9 Å². The lowest BCUT2D eigenvalue weighted by atomic mass is 9.85. The minimum atomic E-state index is -0.315. The summed E-state index contributed by atoms with van der Waals surface area (Å²) in [7, 11) is 1.56. The van der Waals surface area contributed by atoms with Gasteiger partial charge in [0.1, 0.15) is 12.4 Å². The molecule has 5 nitrogen and oxygen atoms in total. The number of thiophene rings is 1. The molecule has 0 spiro atoms. The predicted molar refractivity (Wildman–Crippen MR) is 161 cm³/mol. The van der Waals surface area contributed by atoms with Gasteiger partial charge in [0.25, 0.3) is 5.56 Å². The first-order valence-electron chi connectivity index (χ1n) is 13.3. The van der Waals surface area contributed by atoms with Crippen molar-refractivity contribution >= 4 is 34.4 Å². The van der Waals surface area contributed by atoms with E-state index >= 15 is 0 Å². The molecule has 1 atom stereocenters. The monoisotopic (exact) mass is 580 g/mol. The summed E-state index contributed by atoms with van der Waals surface area (Å²) in [5.74, 6) is 0.689. The Balaban J connectivity index is 1.29. The molecule has 7 rings (SSSR count). The number of hydrogen-bond donors (Lipinski definition) is 0. The molecule has 0 saturated heterocycles. The van der Waals surface area contributed by atoms with E-state index in [4.69, 9.17) is 14.5 Å². The maximum atomic E-state index is 14.0. The number of thiazole rings is 1. The van der Waals surface area contributed by atoms with Crippen LogP contribution in [0.5, 0.6) is 11.5 Å². The zero-order valence-corrected chi connectivity index (χ0v) is 23.8. The van der Waals surface area contributed by atoms with Gasteiger partial charge in [0.05, 0.1) is 23.4 Å². The van der Waals surface area contributed by atoms with Gasteiger partial charge < -0.3 is 9.47 Å². The van der Waals surface area contributed by atoms with E-state index in [2.05, 4.69) is 35.7 Å². The Hall–Kier alpha value is -4.27. The number of allylic oxidation sites excluding steroid dienone is 1. The summed E-state index contributed by atoms with van der Waals surface area (Å²) in [6, 6.07) is 24.4. The van der Waals surface area contributed by atoms with Crippen LogP contribution in [-0.4, -0.2) is 11.7 Å². The lowest BCUT2D eigenvalue weighted by Crippen LogP contribution is -2.38. The van der Waals surface area contributed by atoms with Crippen molar-refractivity contribution in [2.75, 3.05) is 7.11 Å². The average molecular weight is 581 g/mol. The lowest BCUT2D eigenvalue weighted by molar-refractivity contribution is 0.279. The van der Waals surface area contributed by atoms with Crippen LogP contribution in [0.15, 0.2) is 99.6 Å². The van der Waals surface area contributed by atoms with Crippen LogP contribution < -0.4 is 24.4 Å². The number of ether oxygens (including phenoxy) is 2. The number of benzene rings is 3. The first kappa shape index (κ1) is 25.7. The Labute approximate surface area is 243 Å². The molecule has 5 aromatic rings. The molecule has 2 aromatic heterocycles. The van der Waals surface area contributed by atoms with Crippen molar-refractivity contribution in [3.63, 3.8) is 0 Å². The molecule has 1 unspecified atom stereocenters. The fourth-order valence-corrected chi connectivity index (χ4v) is 7.38. The van der Waals surface area contributed by atoms with E-state index in [1.165, 1.54) is 28.5 Å². The van der Waals surface area contributed by atoms with Crippen LogP contribution in [0.4, 0.5) is 4.39 Å². The summed E-state index contributed by atoms with van der Waals surface area (Å²) in [6.45, 7) is 0.0808. The number of hydrogen-bond acceptors (Lipinski definition) is 6. The highest BCUT2D eigenvalue weighted by Gasteiger charge is 2.33. The Kier molecular flexibility index (Phi) is 6.65. The van der Waals surface area contributed by atoms with Crippen LogP contribution >= 0.6 is 22.7 Å². The van der Waals surface area contributed by atoms with Gasteiger partial charge in [-0.1, -0.05) is 65.9 Å². The van der Waals surface area contributed by atoms with E-state index in [0.29, 0.717) is 26.4 Å². The molecular weight excluding hydrogens is 556 g/mol. The third-order valence-corrected chi connectivity index (χ3v) is 9.42. The SMILES string of the molecule is COc1cc(/C=c2/sc3n(c2=O)C(c2cccs2)C2=C(N=3)c3ccccc3CC2)ccc1OCc1ccccc1F. The Morgan fingerprint density at radius 1 is 1.02 bits per heavy atom. The number of rotatable bonds is 6. The first-order valence-corrected chi connectivity index (χ1v) is 15.0. The van der Waals surface area contributed by atoms with Crippen LogP contribution in [0.3, 0.4) is 0 Å². The highest BCUT2D eigenvalue weighted by molar-refractivity contribution is 7.10. The van der Waals surface area contributed by atoms with Gasteiger partial charge in [-0.05, 0) is 65.3 Å². The highest BCUT2D eigenvalue weighted by Crippen LogP contribution is 2.42. The molecular formula is C33H25FN2O3S2. The molecule has 0 amide bonds. The molecule has 0 N–H and O–H groups in total. The van der Waals surface area contributed by atoms with Crippen LogP contribution in [0.1, 0.15) is 39.6 Å². The van der Waals surface area contributed by atoms with Crippen LogP contribution in [-0.2, 0) is 13.0 Å². The molecule has 0 saturated carbocycles. The molecule has 1 aliphatic carbocycles. The van der Waals surface area contributed by atoms with Gasteiger partial charge >= 0.3 is 0 Å². The fourth-order valence-electron chi connectivity index (χ4n) is 5.53.